The van der Waals surface area contributed by atoms with E-state index in [2.05, 4.69) is 5.32 Å². The first kappa shape index (κ1) is 13.3. The molecule has 0 atom stereocenters. The molecular formula is C14H14N2O2S. The van der Waals surface area contributed by atoms with Gasteiger partial charge in [0.05, 0.1) is 0 Å². The van der Waals surface area contributed by atoms with Crippen molar-refractivity contribution in [3.8, 4) is 0 Å². The minimum absolute atomic E-state index is 0.230. The molecule has 2 rings (SSSR count). The molecule has 0 unspecified atom stereocenters. The standard InChI is InChI=1S/C14H14N2O2S/c1-9-2-7-12(18-9)14(17)16-8-10-3-5-11(6-4-10)13(15)19/h2-7H,8H2,1H3,(H2,15,19)(H,16,17). The zero-order valence-electron chi connectivity index (χ0n) is 10.5. The van der Waals surface area contributed by atoms with Gasteiger partial charge in [0.1, 0.15) is 10.7 Å². The summed E-state index contributed by atoms with van der Waals surface area (Å²) in [5.41, 5.74) is 7.29. The van der Waals surface area contributed by atoms with Crippen molar-refractivity contribution in [3.63, 3.8) is 0 Å². The number of nitrogens with one attached hydrogen (secondary N) is 1. The van der Waals surface area contributed by atoms with E-state index in [1.54, 1.807) is 19.1 Å². The number of furan rings is 1. The van der Waals surface area contributed by atoms with Gasteiger partial charge in [-0.3, -0.25) is 4.79 Å². The summed E-state index contributed by atoms with van der Waals surface area (Å²) in [6.07, 6.45) is 0. The Hall–Kier alpha value is -2.14. The maximum Gasteiger partial charge on any atom is 0.287 e. The normalized spacial score (nSPS) is 10.2. The Morgan fingerprint density at radius 2 is 1.95 bits per heavy atom. The molecule has 19 heavy (non-hydrogen) atoms. The number of aryl methyl sites for hydroxylation is 1. The lowest BCUT2D eigenvalue weighted by molar-refractivity contribution is 0.0922. The summed E-state index contributed by atoms with van der Waals surface area (Å²) < 4.78 is 5.24. The average molecular weight is 274 g/mol. The quantitative estimate of drug-likeness (QED) is 0.838. The molecule has 0 fully saturated rings. The maximum absolute atomic E-state index is 11.8. The van der Waals surface area contributed by atoms with Crippen molar-refractivity contribution in [1.82, 2.24) is 5.32 Å². The molecule has 98 valence electrons. The van der Waals surface area contributed by atoms with Gasteiger partial charge < -0.3 is 15.5 Å². The number of carbonyl (C=O) groups is 1. The van der Waals surface area contributed by atoms with Crippen LogP contribution in [0.2, 0.25) is 0 Å². The smallest absolute Gasteiger partial charge is 0.287 e. The molecule has 5 heteroatoms. The fraction of sp³-hybridized carbons (Fsp3) is 0.143. The topological polar surface area (TPSA) is 68.3 Å². The van der Waals surface area contributed by atoms with Gasteiger partial charge >= 0.3 is 0 Å². The number of hydrogen-bond acceptors (Lipinski definition) is 3. The van der Waals surface area contributed by atoms with Crippen LogP contribution in [0, 0.1) is 6.92 Å². The summed E-state index contributed by atoms with van der Waals surface area (Å²) in [5, 5.41) is 2.78. The van der Waals surface area contributed by atoms with E-state index in [4.69, 9.17) is 22.4 Å². The predicted octanol–water partition coefficient (Wildman–Crippen LogP) is 2.15. The Kier molecular flexibility index (Phi) is 3.97. The third-order valence-corrected chi connectivity index (χ3v) is 2.89. The number of rotatable bonds is 4. The molecule has 0 spiro atoms. The first-order valence-corrected chi connectivity index (χ1v) is 6.20. The molecule has 1 aromatic heterocycles. The van der Waals surface area contributed by atoms with Gasteiger partial charge in [-0.15, -0.1) is 0 Å². The van der Waals surface area contributed by atoms with E-state index in [-0.39, 0.29) is 5.91 Å². The molecular weight excluding hydrogens is 260 g/mol. The summed E-state index contributed by atoms with van der Waals surface area (Å²) in [5.74, 6) is 0.801. The van der Waals surface area contributed by atoms with E-state index in [0.717, 1.165) is 11.1 Å². The summed E-state index contributed by atoms with van der Waals surface area (Å²) >= 11 is 4.87. The molecule has 0 radical (unpaired) electrons. The molecule has 1 aromatic carbocycles. The van der Waals surface area contributed by atoms with E-state index in [1.807, 2.05) is 24.3 Å². The number of carbonyl (C=O) groups excluding carboxylic acids is 1. The number of benzene rings is 1. The van der Waals surface area contributed by atoms with Crippen molar-refractivity contribution < 1.29 is 9.21 Å². The Morgan fingerprint density at radius 1 is 1.26 bits per heavy atom. The van der Waals surface area contributed by atoms with Crippen LogP contribution in [0.4, 0.5) is 0 Å². The van der Waals surface area contributed by atoms with Crippen LogP contribution in [0.3, 0.4) is 0 Å². The van der Waals surface area contributed by atoms with E-state index in [0.29, 0.717) is 23.1 Å². The van der Waals surface area contributed by atoms with Gasteiger partial charge in [0.25, 0.3) is 5.91 Å². The molecule has 0 aliphatic rings. The molecule has 3 N–H and O–H groups in total. The van der Waals surface area contributed by atoms with E-state index >= 15 is 0 Å². The van der Waals surface area contributed by atoms with Crippen LogP contribution in [0.25, 0.3) is 0 Å². The summed E-state index contributed by atoms with van der Waals surface area (Å²) in [6.45, 7) is 2.22. The van der Waals surface area contributed by atoms with Gasteiger partial charge in [-0.1, -0.05) is 36.5 Å². The number of nitrogens with two attached hydrogens (primary N) is 1. The van der Waals surface area contributed by atoms with Gasteiger partial charge in [0.2, 0.25) is 0 Å². The summed E-state index contributed by atoms with van der Waals surface area (Å²) in [4.78, 5) is 12.1. The van der Waals surface area contributed by atoms with Crippen LogP contribution in [0.15, 0.2) is 40.8 Å². The lowest BCUT2D eigenvalue weighted by Crippen LogP contribution is -2.22. The highest BCUT2D eigenvalue weighted by Gasteiger charge is 2.09. The molecule has 0 bridgehead atoms. The van der Waals surface area contributed by atoms with Crippen molar-refractivity contribution >= 4 is 23.1 Å². The molecule has 1 heterocycles. The lowest BCUT2D eigenvalue weighted by atomic mass is 10.1. The van der Waals surface area contributed by atoms with Crippen LogP contribution in [-0.4, -0.2) is 10.9 Å². The van der Waals surface area contributed by atoms with Gasteiger partial charge in [-0.05, 0) is 24.6 Å². The molecule has 2 aromatic rings. The van der Waals surface area contributed by atoms with Gasteiger partial charge in [-0.25, -0.2) is 0 Å². The number of amides is 1. The highest BCUT2D eigenvalue weighted by atomic mass is 32.1. The molecule has 0 saturated heterocycles. The Bertz CT molecular complexity index is 602. The zero-order valence-corrected chi connectivity index (χ0v) is 11.3. The first-order chi connectivity index (χ1) is 9.06. The summed E-state index contributed by atoms with van der Waals surface area (Å²) in [6, 6.07) is 10.8. The van der Waals surface area contributed by atoms with Gasteiger partial charge in [-0.2, -0.15) is 0 Å². The minimum Gasteiger partial charge on any atom is -0.456 e. The average Bonchev–Trinajstić information content (AvgIpc) is 2.83. The Labute approximate surface area is 116 Å². The third kappa shape index (κ3) is 3.42. The highest BCUT2D eigenvalue weighted by Crippen LogP contribution is 2.07. The number of thiocarbonyl (C=S) groups is 1. The van der Waals surface area contributed by atoms with Gasteiger partial charge in [0.15, 0.2) is 5.76 Å². The minimum atomic E-state index is -0.230. The first-order valence-electron chi connectivity index (χ1n) is 5.79. The van der Waals surface area contributed by atoms with Crippen molar-refractivity contribution in [2.24, 2.45) is 5.73 Å². The van der Waals surface area contributed by atoms with E-state index in [9.17, 15) is 4.79 Å². The van der Waals surface area contributed by atoms with Crippen LogP contribution in [0.1, 0.15) is 27.4 Å². The molecule has 1 amide bonds. The monoisotopic (exact) mass is 274 g/mol. The maximum atomic E-state index is 11.8. The fourth-order valence-corrected chi connectivity index (χ4v) is 1.75. The second kappa shape index (κ2) is 5.67. The summed E-state index contributed by atoms with van der Waals surface area (Å²) in [7, 11) is 0. The predicted molar refractivity (Wildman–Crippen MR) is 76.9 cm³/mol. The highest BCUT2D eigenvalue weighted by molar-refractivity contribution is 7.80. The molecule has 0 aliphatic heterocycles. The Balaban J connectivity index is 1.95. The second-order valence-electron chi connectivity index (χ2n) is 4.15. The van der Waals surface area contributed by atoms with Crippen LogP contribution >= 0.6 is 12.2 Å². The van der Waals surface area contributed by atoms with Crippen molar-refractivity contribution in [3.05, 3.63) is 59.0 Å². The van der Waals surface area contributed by atoms with Crippen molar-refractivity contribution in [2.45, 2.75) is 13.5 Å². The molecule has 4 nitrogen and oxygen atoms in total. The zero-order chi connectivity index (χ0) is 13.8. The molecule has 0 aliphatic carbocycles. The largest absolute Gasteiger partial charge is 0.456 e. The van der Waals surface area contributed by atoms with Crippen molar-refractivity contribution in [2.75, 3.05) is 0 Å². The van der Waals surface area contributed by atoms with Gasteiger partial charge in [0, 0.05) is 12.1 Å². The SMILES string of the molecule is Cc1ccc(C(=O)NCc2ccc(C(N)=S)cc2)o1. The molecule has 0 saturated carbocycles. The number of hydrogen-bond donors (Lipinski definition) is 2. The fourth-order valence-electron chi connectivity index (χ4n) is 1.61. The second-order valence-corrected chi connectivity index (χ2v) is 4.59. The van der Waals surface area contributed by atoms with Crippen molar-refractivity contribution in [1.29, 1.82) is 0 Å². The van der Waals surface area contributed by atoms with E-state index < -0.39 is 0 Å². The lowest BCUT2D eigenvalue weighted by Gasteiger charge is -2.04. The van der Waals surface area contributed by atoms with Crippen LogP contribution < -0.4 is 11.1 Å². The Morgan fingerprint density at radius 3 is 2.47 bits per heavy atom. The van der Waals surface area contributed by atoms with E-state index in [1.165, 1.54) is 0 Å². The van der Waals surface area contributed by atoms with Crippen LogP contribution in [0.5, 0.6) is 0 Å². The van der Waals surface area contributed by atoms with Crippen LogP contribution in [-0.2, 0) is 6.54 Å². The third-order valence-electron chi connectivity index (χ3n) is 2.66.